The molecule has 1 aliphatic heterocycles. The molecular formula is C26H29N3O4. The number of benzene rings is 2. The molecule has 0 radical (unpaired) electrons. The molecule has 1 atom stereocenters. The maximum atomic E-state index is 13.3. The third kappa shape index (κ3) is 4.42. The van der Waals surface area contributed by atoms with E-state index in [0.717, 1.165) is 11.1 Å². The van der Waals surface area contributed by atoms with Crippen LogP contribution in [0.5, 0.6) is 5.75 Å². The van der Waals surface area contributed by atoms with Crippen LogP contribution in [0.4, 0.5) is 0 Å². The molecule has 0 spiro atoms. The van der Waals surface area contributed by atoms with Crippen LogP contribution in [0, 0.1) is 0 Å². The van der Waals surface area contributed by atoms with Gasteiger partial charge in [0.2, 0.25) is 5.43 Å². The van der Waals surface area contributed by atoms with Crippen molar-refractivity contribution in [3.05, 3.63) is 99.5 Å². The quantitative estimate of drug-likeness (QED) is 0.555. The highest BCUT2D eigenvalue weighted by Gasteiger charge is 2.39. The van der Waals surface area contributed by atoms with Crippen LogP contribution in [0.25, 0.3) is 0 Å². The topological polar surface area (TPSA) is 83.8 Å². The van der Waals surface area contributed by atoms with E-state index in [1.807, 2.05) is 36.4 Å². The Balaban J connectivity index is 1.94. The van der Waals surface area contributed by atoms with E-state index < -0.39 is 11.2 Å². The molecule has 7 heteroatoms. The maximum Gasteiger partial charge on any atom is 0.274 e. The Morgan fingerprint density at radius 3 is 2.21 bits per heavy atom. The van der Waals surface area contributed by atoms with Crippen LogP contribution in [0.1, 0.15) is 39.1 Å². The molecule has 4 rings (SSSR count). The molecule has 3 aromatic rings. The van der Waals surface area contributed by atoms with Crippen LogP contribution in [-0.4, -0.2) is 54.3 Å². The van der Waals surface area contributed by atoms with Gasteiger partial charge in [-0.05, 0) is 18.2 Å². The highest BCUT2D eigenvalue weighted by molar-refractivity contribution is 5.96. The van der Waals surface area contributed by atoms with Crippen molar-refractivity contribution in [2.45, 2.75) is 18.5 Å². The SMILES string of the molecule is CNCc1cn2c(c(O)c1=O)C(=O)N(CCOC)C[C@@H]2C(c1ccccc1)c1ccccc1. The fourth-order valence-corrected chi connectivity index (χ4v) is 4.63. The molecule has 2 heterocycles. The van der Waals surface area contributed by atoms with Crippen LogP contribution < -0.4 is 10.7 Å². The van der Waals surface area contributed by atoms with E-state index in [4.69, 9.17) is 4.74 Å². The number of carbonyl (C=O) groups is 1. The van der Waals surface area contributed by atoms with Crippen LogP contribution in [-0.2, 0) is 11.3 Å². The Hall–Kier alpha value is -3.42. The number of aromatic nitrogens is 1. The summed E-state index contributed by atoms with van der Waals surface area (Å²) < 4.78 is 7.02. The van der Waals surface area contributed by atoms with Gasteiger partial charge in [-0.25, -0.2) is 0 Å². The highest BCUT2D eigenvalue weighted by atomic mass is 16.5. The molecule has 0 bridgehead atoms. The predicted octanol–water partition coefficient (Wildman–Crippen LogP) is 2.75. The second-order valence-corrected chi connectivity index (χ2v) is 8.23. The number of amides is 1. The molecule has 0 unspecified atom stereocenters. The van der Waals surface area contributed by atoms with E-state index in [1.54, 1.807) is 29.8 Å². The lowest BCUT2D eigenvalue weighted by atomic mass is 9.83. The average Bonchev–Trinajstić information content (AvgIpc) is 2.84. The van der Waals surface area contributed by atoms with Gasteiger partial charge in [0.05, 0.1) is 12.6 Å². The van der Waals surface area contributed by atoms with Crippen molar-refractivity contribution in [1.29, 1.82) is 0 Å². The Bertz CT molecular complexity index is 1120. The molecule has 2 N–H and O–H groups in total. The predicted molar refractivity (Wildman–Crippen MR) is 127 cm³/mol. The minimum Gasteiger partial charge on any atom is -0.503 e. The lowest BCUT2D eigenvalue weighted by molar-refractivity contribution is 0.0582. The number of carbonyl (C=O) groups excluding carboxylic acids is 1. The molecule has 2 aromatic carbocycles. The van der Waals surface area contributed by atoms with Gasteiger partial charge in [0, 0.05) is 44.4 Å². The monoisotopic (exact) mass is 447 g/mol. The van der Waals surface area contributed by atoms with Gasteiger partial charge >= 0.3 is 0 Å². The number of hydrogen-bond acceptors (Lipinski definition) is 5. The Labute approximate surface area is 193 Å². The molecule has 172 valence electrons. The van der Waals surface area contributed by atoms with Crippen molar-refractivity contribution in [3.8, 4) is 5.75 Å². The first kappa shape index (κ1) is 22.8. The van der Waals surface area contributed by atoms with E-state index in [-0.39, 0.29) is 23.6 Å². The molecule has 0 aliphatic carbocycles. The first-order valence-electron chi connectivity index (χ1n) is 11.1. The summed E-state index contributed by atoms with van der Waals surface area (Å²) in [5.41, 5.74) is 2.11. The van der Waals surface area contributed by atoms with Crippen molar-refractivity contribution >= 4 is 5.91 Å². The summed E-state index contributed by atoms with van der Waals surface area (Å²) in [6, 6.07) is 20.0. The molecular weight excluding hydrogens is 418 g/mol. The number of pyridine rings is 1. The standard InChI is InChI=1S/C26H29N3O4/c1-27-15-20-16-29-21(17-28(13-14-33-2)26(32)23(29)25(31)24(20)30)22(18-9-5-3-6-10-18)19-11-7-4-8-12-19/h3-12,16,21-22,27,31H,13-15,17H2,1-2H3/t21-/m1/s1. The largest absolute Gasteiger partial charge is 0.503 e. The number of rotatable bonds is 8. The first-order valence-corrected chi connectivity index (χ1v) is 11.1. The summed E-state index contributed by atoms with van der Waals surface area (Å²) in [4.78, 5) is 27.8. The van der Waals surface area contributed by atoms with E-state index in [1.165, 1.54) is 0 Å². The van der Waals surface area contributed by atoms with Gasteiger partial charge < -0.3 is 24.6 Å². The molecule has 0 saturated heterocycles. The number of ether oxygens (including phenoxy) is 1. The van der Waals surface area contributed by atoms with E-state index in [0.29, 0.717) is 31.8 Å². The molecule has 0 saturated carbocycles. The summed E-state index contributed by atoms with van der Waals surface area (Å²) in [7, 11) is 3.33. The summed E-state index contributed by atoms with van der Waals surface area (Å²) in [5.74, 6) is -0.970. The average molecular weight is 448 g/mol. The Morgan fingerprint density at radius 2 is 1.67 bits per heavy atom. The van der Waals surface area contributed by atoms with Crippen molar-refractivity contribution in [2.24, 2.45) is 0 Å². The minimum absolute atomic E-state index is 0.0315. The van der Waals surface area contributed by atoms with Crippen LogP contribution in [0.2, 0.25) is 0 Å². The van der Waals surface area contributed by atoms with Crippen molar-refractivity contribution in [2.75, 3.05) is 33.9 Å². The zero-order chi connectivity index (χ0) is 23.4. The molecule has 1 aliphatic rings. The van der Waals surface area contributed by atoms with Crippen molar-refractivity contribution in [1.82, 2.24) is 14.8 Å². The molecule has 7 nitrogen and oxygen atoms in total. The van der Waals surface area contributed by atoms with E-state index in [2.05, 4.69) is 29.6 Å². The van der Waals surface area contributed by atoms with Crippen LogP contribution >= 0.6 is 0 Å². The Morgan fingerprint density at radius 1 is 1.06 bits per heavy atom. The lowest BCUT2D eigenvalue weighted by Gasteiger charge is -2.40. The summed E-state index contributed by atoms with van der Waals surface area (Å²) in [6.07, 6.45) is 1.73. The van der Waals surface area contributed by atoms with Gasteiger partial charge in [-0.1, -0.05) is 60.7 Å². The zero-order valence-electron chi connectivity index (χ0n) is 18.9. The van der Waals surface area contributed by atoms with Gasteiger partial charge in [0.15, 0.2) is 11.4 Å². The third-order valence-corrected chi connectivity index (χ3v) is 6.17. The second-order valence-electron chi connectivity index (χ2n) is 8.23. The zero-order valence-corrected chi connectivity index (χ0v) is 18.9. The van der Waals surface area contributed by atoms with Crippen molar-refractivity contribution in [3.63, 3.8) is 0 Å². The second kappa shape index (κ2) is 10.0. The van der Waals surface area contributed by atoms with Gasteiger partial charge in [0.1, 0.15) is 0 Å². The van der Waals surface area contributed by atoms with Crippen molar-refractivity contribution < 1.29 is 14.6 Å². The third-order valence-electron chi connectivity index (χ3n) is 6.17. The van der Waals surface area contributed by atoms with E-state index >= 15 is 0 Å². The van der Waals surface area contributed by atoms with E-state index in [9.17, 15) is 14.7 Å². The lowest BCUT2D eigenvalue weighted by Crippen LogP contribution is -2.47. The van der Waals surface area contributed by atoms with Gasteiger partial charge in [0.25, 0.3) is 5.91 Å². The van der Waals surface area contributed by atoms with Gasteiger partial charge in [-0.2, -0.15) is 0 Å². The molecule has 1 aromatic heterocycles. The molecule has 33 heavy (non-hydrogen) atoms. The molecule has 1 amide bonds. The number of nitrogens with zero attached hydrogens (tertiary/aromatic N) is 2. The normalized spacial score (nSPS) is 15.7. The van der Waals surface area contributed by atoms with Crippen LogP contribution in [0.15, 0.2) is 71.7 Å². The first-order chi connectivity index (χ1) is 16.1. The summed E-state index contributed by atoms with van der Waals surface area (Å²) in [5, 5.41) is 13.8. The Kier molecular flexibility index (Phi) is 6.91. The number of methoxy groups -OCH3 is 1. The van der Waals surface area contributed by atoms with Gasteiger partial charge in [-0.15, -0.1) is 0 Å². The maximum absolute atomic E-state index is 13.3. The summed E-state index contributed by atoms with van der Waals surface area (Å²) >= 11 is 0. The van der Waals surface area contributed by atoms with Crippen LogP contribution in [0.3, 0.4) is 0 Å². The smallest absolute Gasteiger partial charge is 0.274 e. The number of nitrogens with one attached hydrogen (secondary N) is 1. The minimum atomic E-state index is -0.521. The number of fused-ring (bicyclic) bond motifs is 1. The van der Waals surface area contributed by atoms with Gasteiger partial charge in [-0.3, -0.25) is 9.59 Å². The number of aromatic hydroxyl groups is 1. The highest BCUT2D eigenvalue weighted by Crippen LogP contribution is 2.40. The fourth-order valence-electron chi connectivity index (χ4n) is 4.63. The summed E-state index contributed by atoms with van der Waals surface area (Å²) in [6.45, 7) is 1.45. The number of hydrogen-bond donors (Lipinski definition) is 2. The fraction of sp³-hybridized carbons (Fsp3) is 0.308. The molecule has 0 fully saturated rings.